The van der Waals surface area contributed by atoms with Gasteiger partial charge in [-0.2, -0.15) is 0 Å². The lowest BCUT2D eigenvalue weighted by molar-refractivity contribution is -0.0189. The van der Waals surface area contributed by atoms with E-state index < -0.39 is 17.1 Å². The van der Waals surface area contributed by atoms with Gasteiger partial charge in [0.2, 0.25) is 0 Å². The Hall–Kier alpha value is -0.846. The fourth-order valence-electron chi connectivity index (χ4n) is 5.28. The lowest BCUT2D eigenvalue weighted by Crippen LogP contribution is -2.65. The fraction of sp³-hybridized carbons (Fsp3) is 0.731. The van der Waals surface area contributed by atoms with Crippen molar-refractivity contribution in [3.8, 4) is 0 Å². The summed E-state index contributed by atoms with van der Waals surface area (Å²) in [6.45, 7) is 18.4. The molecule has 3 rings (SSSR count). The largest absolute Gasteiger partial charge is 0.455 e. The summed E-state index contributed by atoms with van der Waals surface area (Å²) in [4.78, 5) is 15.1. The molecule has 0 amide bonds. The summed E-state index contributed by atoms with van der Waals surface area (Å²) in [6, 6.07) is 7.53. The number of benzene rings is 1. The minimum absolute atomic E-state index is 0.126. The van der Waals surface area contributed by atoms with Crippen LogP contribution in [0.3, 0.4) is 0 Å². The second-order valence-electron chi connectivity index (χ2n) is 11.3. The van der Waals surface area contributed by atoms with Gasteiger partial charge in [-0.15, -0.1) is 11.8 Å². The molecule has 1 aromatic rings. The second kappa shape index (κ2) is 11.3. The number of hydrogen-bond donors (Lipinski definition) is 0. The second-order valence-corrected chi connectivity index (χ2v) is 21.4. The Morgan fingerprint density at radius 2 is 1.49 bits per heavy atom. The molecule has 0 spiro atoms. The van der Waals surface area contributed by atoms with E-state index in [0.717, 1.165) is 5.69 Å². The number of nitrogens with zero attached hydrogens (tertiary/aromatic N) is 1. The number of ether oxygens (including phenoxy) is 1. The summed E-state index contributed by atoms with van der Waals surface area (Å²) in [5, 5.41) is 0.126. The first-order valence-electron chi connectivity index (χ1n) is 13.0. The van der Waals surface area contributed by atoms with E-state index in [9.17, 15) is 4.79 Å². The van der Waals surface area contributed by atoms with Gasteiger partial charge in [-0.25, -0.2) is 4.79 Å². The molecule has 0 aromatic heterocycles. The molecule has 9 heteroatoms. The van der Waals surface area contributed by atoms with Gasteiger partial charge in [0.15, 0.2) is 0 Å². The van der Waals surface area contributed by atoms with Gasteiger partial charge < -0.3 is 22.6 Å². The first kappa shape index (κ1) is 28.7. The molecule has 2 aliphatic rings. The highest BCUT2D eigenvalue weighted by Crippen LogP contribution is 2.48. The highest BCUT2D eigenvalue weighted by Gasteiger charge is 2.60. The van der Waals surface area contributed by atoms with Gasteiger partial charge in [-0.3, -0.25) is 0 Å². The van der Waals surface area contributed by atoms with E-state index in [0.29, 0.717) is 29.0 Å². The highest BCUT2D eigenvalue weighted by molar-refractivity contribution is 8.00. The van der Waals surface area contributed by atoms with E-state index >= 15 is 0 Å². The number of anilines is 1. The van der Waals surface area contributed by atoms with Crippen molar-refractivity contribution in [3.63, 3.8) is 0 Å². The van der Waals surface area contributed by atoms with Crippen LogP contribution in [0.5, 0.6) is 0 Å². The van der Waals surface area contributed by atoms with Gasteiger partial charge in [0.05, 0.1) is 23.5 Å². The number of rotatable bonds is 7. The van der Waals surface area contributed by atoms with Crippen molar-refractivity contribution in [2.75, 3.05) is 31.4 Å². The van der Waals surface area contributed by atoms with E-state index in [1.807, 2.05) is 43.3 Å². The van der Waals surface area contributed by atoms with Crippen molar-refractivity contribution >= 4 is 40.5 Å². The van der Waals surface area contributed by atoms with Crippen LogP contribution in [-0.2, 0) is 17.7 Å². The summed E-state index contributed by atoms with van der Waals surface area (Å²) in [5.74, 6) is 0.405. The molecule has 198 valence electrons. The summed E-state index contributed by atoms with van der Waals surface area (Å²) in [6.07, 6.45) is -0.553. The van der Waals surface area contributed by atoms with Crippen molar-refractivity contribution in [1.82, 2.24) is 0 Å². The van der Waals surface area contributed by atoms with Crippen LogP contribution in [-0.4, -0.2) is 67.0 Å². The molecule has 0 aliphatic carbocycles. The Bertz CT molecular complexity index is 846. The van der Waals surface area contributed by atoms with E-state index in [4.69, 9.17) is 17.7 Å². The topological polar surface area (TPSA) is 57.2 Å². The summed E-state index contributed by atoms with van der Waals surface area (Å²) < 4.78 is 27.4. The average Bonchev–Trinajstić information content (AvgIpc) is 3.13. The lowest BCUT2D eigenvalue weighted by Gasteiger charge is -2.51. The maximum Gasteiger partial charge on any atom is 0.338 e. The van der Waals surface area contributed by atoms with Crippen LogP contribution in [0.2, 0.25) is 22.2 Å². The summed E-state index contributed by atoms with van der Waals surface area (Å²) in [7, 11) is -1.32. The number of hydrogen-bond acceptors (Lipinski definition) is 7. The number of thioether (sulfide) groups is 1. The van der Waals surface area contributed by atoms with Gasteiger partial charge in [0.25, 0.3) is 0 Å². The van der Waals surface area contributed by atoms with Crippen molar-refractivity contribution < 1.29 is 22.5 Å². The van der Waals surface area contributed by atoms with E-state index in [1.165, 1.54) is 0 Å². The van der Waals surface area contributed by atoms with Crippen LogP contribution in [0, 0.1) is 0 Å². The molecule has 2 saturated heterocycles. The molecule has 3 atom stereocenters. The SMILES string of the molecule is CC(C)[Si]1(C(C)C)OC[C@H]2SC[C@H](OC(=O)c3ccc(N(C)C)cc3)[C@@H]2O[Si](C(C)C)(C(C)C)O1. The normalized spacial score (nSPS) is 26.1. The van der Waals surface area contributed by atoms with Gasteiger partial charge in [0.1, 0.15) is 6.10 Å². The zero-order chi connectivity index (χ0) is 26.1. The number of carbonyl (C=O) groups excluding carboxylic acids is 1. The Balaban J connectivity index is 1.90. The molecule has 2 aliphatic heterocycles. The van der Waals surface area contributed by atoms with Gasteiger partial charge in [-0.1, -0.05) is 55.4 Å². The maximum absolute atomic E-state index is 13.1. The van der Waals surface area contributed by atoms with Crippen molar-refractivity contribution in [3.05, 3.63) is 29.8 Å². The zero-order valence-electron chi connectivity index (χ0n) is 23.2. The first-order valence-corrected chi connectivity index (χ1v) is 17.9. The van der Waals surface area contributed by atoms with Gasteiger partial charge in [-0.05, 0) is 46.4 Å². The Morgan fingerprint density at radius 1 is 0.943 bits per heavy atom. The molecular formula is C26H45NO5SSi2. The lowest BCUT2D eigenvalue weighted by atomic mass is 10.1. The Kier molecular flexibility index (Phi) is 9.25. The molecule has 6 nitrogen and oxygen atoms in total. The quantitative estimate of drug-likeness (QED) is 0.296. The van der Waals surface area contributed by atoms with Gasteiger partial charge >= 0.3 is 23.1 Å². The van der Waals surface area contributed by atoms with E-state index in [2.05, 4.69) is 55.4 Å². The standard InChI is InChI=1S/C26H45NO5SSi2/c1-17(2)34(18(3)4)29-15-24-25(31-35(32-34,19(5)6)20(7)8)23(16-33-24)30-26(28)21-11-13-22(14-12-21)27(9)10/h11-14,17-20,23-25H,15-16H2,1-10H3/t23-,24+,25-/m0/s1. The monoisotopic (exact) mass is 539 g/mol. The number of esters is 1. The van der Waals surface area contributed by atoms with Crippen LogP contribution >= 0.6 is 11.8 Å². The third-order valence-corrected chi connectivity index (χ3v) is 19.0. The molecule has 0 unspecified atom stereocenters. The van der Waals surface area contributed by atoms with E-state index in [-0.39, 0.29) is 34.5 Å². The van der Waals surface area contributed by atoms with Crippen LogP contribution in [0.15, 0.2) is 24.3 Å². The molecule has 1 aromatic carbocycles. The van der Waals surface area contributed by atoms with Gasteiger partial charge in [0, 0.05) is 25.5 Å². The van der Waals surface area contributed by atoms with Crippen LogP contribution < -0.4 is 4.90 Å². The molecule has 0 bridgehead atoms. The number of carbonyl (C=O) groups is 1. The summed E-state index contributed by atoms with van der Waals surface area (Å²) in [5.41, 5.74) is 2.73. The molecular weight excluding hydrogens is 495 g/mol. The molecule has 2 fully saturated rings. The molecule has 2 heterocycles. The minimum atomic E-state index is -2.73. The van der Waals surface area contributed by atoms with Crippen molar-refractivity contribution in [2.24, 2.45) is 0 Å². The third kappa shape index (κ3) is 5.70. The Labute approximate surface area is 218 Å². The third-order valence-electron chi connectivity index (χ3n) is 7.42. The fourth-order valence-corrected chi connectivity index (χ4v) is 18.0. The zero-order valence-corrected chi connectivity index (χ0v) is 26.0. The van der Waals surface area contributed by atoms with Crippen LogP contribution in [0.25, 0.3) is 0 Å². The summed E-state index contributed by atoms with van der Waals surface area (Å²) >= 11 is 1.80. The van der Waals surface area contributed by atoms with Crippen molar-refractivity contribution in [1.29, 1.82) is 0 Å². The first-order chi connectivity index (χ1) is 16.3. The van der Waals surface area contributed by atoms with Crippen molar-refractivity contribution in [2.45, 2.75) is 95.0 Å². The Morgan fingerprint density at radius 3 is 1.97 bits per heavy atom. The molecule has 35 heavy (non-hydrogen) atoms. The molecule has 0 radical (unpaired) electrons. The smallest absolute Gasteiger partial charge is 0.338 e. The average molecular weight is 540 g/mol. The predicted octanol–water partition coefficient (Wildman–Crippen LogP) is 6.35. The molecule has 0 saturated carbocycles. The van der Waals surface area contributed by atoms with Crippen LogP contribution in [0.4, 0.5) is 5.69 Å². The van der Waals surface area contributed by atoms with E-state index in [1.54, 1.807) is 11.8 Å². The predicted molar refractivity (Wildman–Crippen MR) is 150 cm³/mol. The number of fused-ring (bicyclic) bond motifs is 1. The minimum Gasteiger partial charge on any atom is -0.455 e. The highest BCUT2D eigenvalue weighted by atomic mass is 32.2. The van der Waals surface area contributed by atoms with Crippen LogP contribution in [0.1, 0.15) is 65.7 Å². The molecule has 0 N–H and O–H groups in total. The maximum atomic E-state index is 13.1.